The number of hydrogen-bond donors (Lipinski definition) is 0. The lowest BCUT2D eigenvalue weighted by Crippen LogP contribution is -2.26. The normalized spacial score (nSPS) is 27.7. The van der Waals surface area contributed by atoms with Crippen LogP contribution in [0.4, 0.5) is 0 Å². The van der Waals surface area contributed by atoms with Crippen molar-refractivity contribution in [1.82, 2.24) is 9.97 Å². The Hall–Kier alpha value is -1.08. The molecule has 1 saturated carbocycles. The number of nitrogens with zero attached hydrogens (tertiary/aromatic N) is 3. The van der Waals surface area contributed by atoms with E-state index in [2.05, 4.69) is 23.0 Å². The summed E-state index contributed by atoms with van der Waals surface area (Å²) in [4.78, 5) is 8.73. The van der Waals surface area contributed by atoms with Crippen LogP contribution in [0.5, 0.6) is 0 Å². The van der Waals surface area contributed by atoms with Crippen molar-refractivity contribution in [3.63, 3.8) is 0 Å². The summed E-state index contributed by atoms with van der Waals surface area (Å²) in [6.45, 7) is 4.21. The standard InChI is InChI=1S/C14H19N3S/c1-3-11-4-5-12(9-15)13(8-11)18-14-16-7-6-10(2)17-14/h6-7,11-13H,3-5,8H2,1-2H3. The quantitative estimate of drug-likeness (QED) is 0.780. The van der Waals surface area contributed by atoms with Crippen molar-refractivity contribution < 1.29 is 0 Å². The highest BCUT2D eigenvalue weighted by molar-refractivity contribution is 7.99. The van der Waals surface area contributed by atoms with Gasteiger partial charge in [0.2, 0.25) is 0 Å². The van der Waals surface area contributed by atoms with Gasteiger partial charge in [0.25, 0.3) is 0 Å². The van der Waals surface area contributed by atoms with E-state index in [1.54, 1.807) is 18.0 Å². The first-order valence-corrected chi connectivity index (χ1v) is 7.46. The second kappa shape index (κ2) is 6.19. The topological polar surface area (TPSA) is 49.6 Å². The van der Waals surface area contributed by atoms with Crippen LogP contribution in [0.15, 0.2) is 17.4 Å². The van der Waals surface area contributed by atoms with Crippen molar-refractivity contribution in [2.45, 2.75) is 49.9 Å². The molecule has 0 bridgehead atoms. The third kappa shape index (κ3) is 3.23. The Bertz CT molecular complexity index is 441. The molecule has 18 heavy (non-hydrogen) atoms. The molecule has 0 N–H and O–H groups in total. The van der Waals surface area contributed by atoms with Crippen molar-refractivity contribution in [1.29, 1.82) is 5.26 Å². The first-order valence-electron chi connectivity index (χ1n) is 6.58. The van der Waals surface area contributed by atoms with E-state index in [0.29, 0.717) is 5.25 Å². The molecule has 4 heteroatoms. The average Bonchev–Trinajstić information content (AvgIpc) is 2.38. The lowest BCUT2D eigenvalue weighted by atomic mass is 9.81. The molecule has 0 spiro atoms. The number of aromatic nitrogens is 2. The van der Waals surface area contributed by atoms with Crippen LogP contribution < -0.4 is 0 Å². The van der Waals surface area contributed by atoms with E-state index >= 15 is 0 Å². The second-order valence-corrected chi connectivity index (χ2v) is 6.17. The van der Waals surface area contributed by atoms with E-state index in [9.17, 15) is 5.26 Å². The third-order valence-corrected chi connectivity index (χ3v) is 4.90. The van der Waals surface area contributed by atoms with E-state index in [1.807, 2.05) is 13.0 Å². The predicted octanol–water partition coefficient (Wildman–Crippen LogP) is 3.60. The zero-order valence-electron chi connectivity index (χ0n) is 11.0. The van der Waals surface area contributed by atoms with Gasteiger partial charge >= 0.3 is 0 Å². The summed E-state index contributed by atoms with van der Waals surface area (Å²) in [6.07, 6.45) is 6.35. The van der Waals surface area contributed by atoms with Crippen LogP contribution in [-0.2, 0) is 0 Å². The van der Waals surface area contributed by atoms with Gasteiger partial charge in [-0.1, -0.05) is 25.1 Å². The van der Waals surface area contributed by atoms with E-state index in [0.717, 1.165) is 29.6 Å². The minimum absolute atomic E-state index is 0.155. The molecule has 3 unspecified atom stereocenters. The van der Waals surface area contributed by atoms with Gasteiger partial charge in [-0.25, -0.2) is 9.97 Å². The molecule has 1 aromatic rings. The molecule has 1 aliphatic rings. The van der Waals surface area contributed by atoms with Crippen LogP contribution in [0.2, 0.25) is 0 Å². The van der Waals surface area contributed by atoms with Crippen LogP contribution >= 0.6 is 11.8 Å². The molecule has 0 radical (unpaired) electrons. The average molecular weight is 261 g/mol. The van der Waals surface area contributed by atoms with Crippen LogP contribution in [0.3, 0.4) is 0 Å². The number of rotatable bonds is 3. The highest BCUT2D eigenvalue weighted by Crippen LogP contribution is 2.39. The van der Waals surface area contributed by atoms with Gasteiger partial charge in [-0.2, -0.15) is 5.26 Å². The largest absolute Gasteiger partial charge is 0.231 e. The zero-order chi connectivity index (χ0) is 13.0. The third-order valence-electron chi connectivity index (χ3n) is 3.67. The number of hydrogen-bond acceptors (Lipinski definition) is 4. The smallest absolute Gasteiger partial charge is 0.188 e. The maximum absolute atomic E-state index is 9.25. The molecule has 0 saturated heterocycles. The Labute approximate surface area is 113 Å². The zero-order valence-corrected chi connectivity index (χ0v) is 11.8. The lowest BCUT2D eigenvalue weighted by molar-refractivity contribution is 0.317. The van der Waals surface area contributed by atoms with Gasteiger partial charge in [0.05, 0.1) is 12.0 Å². The maximum atomic E-state index is 9.25. The highest BCUT2D eigenvalue weighted by Gasteiger charge is 2.31. The Balaban J connectivity index is 2.07. The minimum Gasteiger partial charge on any atom is -0.231 e. The Morgan fingerprint density at radius 3 is 3.00 bits per heavy atom. The van der Waals surface area contributed by atoms with Gasteiger partial charge in [0, 0.05) is 17.1 Å². The molecular weight excluding hydrogens is 242 g/mol. The van der Waals surface area contributed by atoms with Gasteiger partial charge in [-0.05, 0) is 38.2 Å². The van der Waals surface area contributed by atoms with E-state index < -0.39 is 0 Å². The van der Waals surface area contributed by atoms with E-state index in [1.165, 1.54) is 12.8 Å². The SMILES string of the molecule is CCC1CCC(C#N)C(Sc2nccc(C)n2)C1. The van der Waals surface area contributed by atoms with Crippen LogP contribution in [0, 0.1) is 30.1 Å². The number of nitriles is 1. The highest BCUT2D eigenvalue weighted by atomic mass is 32.2. The fraction of sp³-hybridized carbons (Fsp3) is 0.643. The van der Waals surface area contributed by atoms with Crippen molar-refractivity contribution in [3.8, 4) is 6.07 Å². The first kappa shape index (κ1) is 13.4. The summed E-state index contributed by atoms with van der Waals surface area (Å²) in [5, 5.41) is 10.4. The summed E-state index contributed by atoms with van der Waals surface area (Å²) >= 11 is 1.69. The van der Waals surface area contributed by atoms with Crippen molar-refractivity contribution in [2.75, 3.05) is 0 Å². The number of thioether (sulfide) groups is 1. The first-order chi connectivity index (χ1) is 8.72. The predicted molar refractivity (Wildman–Crippen MR) is 73.1 cm³/mol. The molecule has 0 amide bonds. The summed E-state index contributed by atoms with van der Waals surface area (Å²) in [5.41, 5.74) is 0.990. The molecule has 2 rings (SSSR count). The fourth-order valence-corrected chi connectivity index (χ4v) is 3.80. The Morgan fingerprint density at radius 2 is 2.33 bits per heavy atom. The second-order valence-electron chi connectivity index (χ2n) is 4.96. The minimum atomic E-state index is 0.155. The van der Waals surface area contributed by atoms with Gasteiger partial charge in [-0.15, -0.1) is 0 Å². The van der Waals surface area contributed by atoms with Gasteiger partial charge in [0.15, 0.2) is 5.16 Å². The molecule has 1 aromatic heterocycles. The monoisotopic (exact) mass is 261 g/mol. The fourth-order valence-electron chi connectivity index (χ4n) is 2.48. The van der Waals surface area contributed by atoms with Crippen LogP contribution in [0.1, 0.15) is 38.3 Å². The molecule has 96 valence electrons. The summed E-state index contributed by atoms with van der Waals surface area (Å²) in [6, 6.07) is 4.36. The van der Waals surface area contributed by atoms with Crippen LogP contribution in [-0.4, -0.2) is 15.2 Å². The van der Waals surface area contributed by atoms with Gasteiger partial charge < -0.3 is 0 Å². The maximum Gasteiger partial charge on any atom is 0.188 e. The summed E-state index contributed by atoms with van der Waals surface area (Å²) in [5.74, 6) is 0.916. The van der Waals surface area contributed by atoms with E-state index in [4.69, 9.17) is 0 Å². The number of aryl methyl sites for hydroxylation is 1. The molecule has 1 heterocycles. The van der Waals surface area contributed by atoms with Crippen molar-refractivity contribution in [3.05, 3.63) is 18.0 Å². The summed E-state index contributed by atoms with van der Waals surface area (Å²) < 4.78 is 0. The molecule has 3 nitrogen and oxygen atoms in total. The molecule has 0 aromatic carbocycles. The van der Waals surface area contributed by atoms with Gasteiger partial charge in [0.1, 0.15) is 0 Å². The molecule has 3 atom stereocenters. The van der Waals surface area contributed by atoms with Crippen molar-refractivity contribution in [2.24, 2.45) is 11.8 Å². The molecule has 0 aliphatic heterocycles. The van der Waals surface area contributed by atoms with Crippen LogP contribution in [0.25, 0.3) is 0 Å². The Kier molecular flexibility index (Phi) is 4.60. The lowest BCUT2D eigenvalue weighted by Gasteiger charge is -2.31. The van der Waals surface area contributed by atoms with Gasteiger partial charge in [-0.3, -0.25) is 0 Å². The molecular formula is C14H19N3S. The Morgan fingerprint density at radius 1 is 1.50 bits per heavy atom. The molecule has 1 fully saturated rings. The van der Waals surface area contributed by atoms with Crippen molar-refractivity contribution >= 4 is 11.8 Å². The summed E-state index contributed by atoms with van der Waals surface area (Å²) in [7, 11) is 0. The molecule has 1 aliphatic carbocycles. The van der Waals surface area contributed by atoms with E-state index in [-0.39, 0.29) is 5.92 Å².